The molecule has 0 aliphatic heterocycles. The molecule has 0 aliphatic carbocycles. The summed E-state index contributed by atoms with van der Waals surface area (Å²) in [6.45, 7) is -1.35. The van der Waals surface area contributed by atoms with E-state index in [1.54, 1.807) is 18.5 Å². The Kier molecular flexibility index (Phi) is 3.77. The monoisotopic (exact) mass is 319 g/mol. The van der Waals surface area contributed by atoms with E-state index in [0.29, 0.717) is 0 Å². The van der Waals surface area contributed by atoms with Crippen molar-refractivity contribution in [3.63, 3.8) is 0 Å². The van der Waals surface area contributed by atoms with Crippen LogP contribution in [0.15, 0.2) is 54.9 Å². The fraction of sp³-hybridized carbons (Fsp3) is 0.125. The van der Waals surface area contributed by atoms with E-state index in [4.69, 9.17) is 0 Å². The van der Waals surface area contributed by atoms with Crippen LogP contribution in [0.25, 0.3) is 16.7 Å². The largest absolute Gasteiger partial charge is 0.405 e. The van der Waals surface area contributed by atoms with Gasteiger partial charge < -0.3 is 5.32 Å². The first-order chi connectivity index (χ1) is 10.9. The number of alkyl halides is 3. The summed E-state index contributed by atoms with van der Waals surface area (Å²) in [5.41, 5.74) is 2.68. The second kappa shape index (κ2) is 5.75. The Labute approximate surface area is 129 Å². The summed E-state index contributed by atoms with van der Waals surface area (Å²) in [6, 6.07) is 13.9. The van der Waals surface area contributed by atoms with Gasteiger partial charge >= 0.3 is 6.18 Å². The zero-order chi connectivity index (χ0) is 16.4. The van der Waals surface area contributed by atoms with Crippen LogP contribution in [0.1, 0.15) is 10.4 Å². The molecule has 23 heavy (non-hydrogen) atoms. The van der Waals surface area contributed by atoms with Crippen LogP contribution in [0.3, 0.4) is 0 Å². The Bertz CT molecular complexity index is 838. The Balaban J connectivity index is 1.81. The van der Waals surface area contributed by atoms with Crippen molar-refractivity contribution in [2.45, 2.75) is 6.18 Å². The molecule has 7 heteroatoms. The van der Waals surface area contributed by atoms with E-state index in [1.807, 2.05) is 34.1 Å². The third-order valence-electron chi connectivity index (χ3n) is 3.31. The van der Waals surface area contributed by atoms with Crippen molar-refractivity contribution in [3.05, 3.63) is 60.4 Å². The van der Waals surface area contributed by atoms with Crippen molar-refractivity contribution < 1.29 is 18.0 Å². The van der Waals surface area contributed by atoms with E-state index < -0.39 is 18.6 Å². The van der Waals surface area contributed by atoms with Crippen molar-refractivity contribution in [1.82, 2.24) is 14.9 Å². The molecule has 1 amide bonds. The number of halogens is 3. The van der Waals surface area contributed by atoms with Gasteiger partial charge in [-0.05, 0) is 36.4 Å². The normalized spacial score (nSPS) is 11.6. The lowest BCUT2D eigenvalue weighted by atomic mass is 10.2. The lowest BCUT2D eigenvalue weighted by Gasteiger charge is -2.09. The van der Waals surface area contributed by atoms with Gasteiger partial charge in [0.1, 0.15) is 12.9 Å². The number of carbonyl (C=O) groups excluding carboxylic acids is 1. The van der Waals surface area contributed by atoms with Gasteiger partial charge in [-0.1, -0.05) is 12.1 Å². The molecule has 3 rings (SSSR count). The second-order valence-electron chi connectivity index (χ2n) is 4.95. The molecule has 0 radical (unpaired) electrons. The van der Waals surface area contributed by atoms with E-state index in [1.165, 1.54) is 12.1 Å². The number of aromatic nitrogens is 2. The van der Waals surface area contributed by atoms with Crippen LogP contribution in [-0.4, -0.2) is 28.2 Å². The molecule has 0 saturated heterocycles. The molecule has 0 saturated carbocycles. The predicted molar refractivity (Wildman–Crippen MR) is 79.5 cm³/mol. The number of nitrogens with one attached hydrogen (secondary N) is 1. The number of rotatable bonds is 3. The first-order valence-electron chi connectivity index (χ1n) is 6.81. The maximum absolute atomic E-state index is 12.1. The van der Waals surface area contributed by atoms with Crippen molar-refractivity contribution in [1.29, 1.82) is 0 Å². The molecule has 0 unspecified atom stereocenters. The first-order valence-corrected chi connectivity index (χ1v) is 6.81. The third kappa shape index (κ3) is 3.33. The average Bonchev–Trinajstić information content (AvgIpc) is 2.96. The SMILES string of the molecule is O=C(NCC(F)(F)F)c1ccc(-n2cnc3ccccc32)cc1. The summed E-state index contributed by atoms with van der Waals surface area (Å²) in [6.07, 6.45) is -2.77. The first kappa shape index (κ1) is 15.1. The smallest absolute Gasteiger partial charge is 0.343 e. The highest BCUT2D eigenvalue weighted by Gasteiger charge is 2.27. The molecule has 0 bridgehead atoms. The number of nitrogens with zero attached hydrogens (tertiary/aromatic N) is 2. The molecule has 0 atom stereocenters. The number of amides is 1. The molecule has 0 aliphatic rings. The molecule has 1 aromatic heterocycles. The van der Waals surface area contributed by atoms with E-state index in [2.05, 4.69) is 4.98 Å². The summed E-state index contributed by atoms with van der Waals surface area (Å²) < 4.78 is 38.2. The Morgan fingerprint density at radius 2 is 1.78 bits per heavy atom. The minimum Gasteiger partial charge on any atom is -0.343 e. The van der Waals surface area contributed by atoms with Gasteiger partial charge in [-0.25, -0.2) is 4.98 Å². The van der Waals surface area contributed by atoms with Crippen LogP contribution in [0.2, 0.25) is 0 Å². The molecule has 0 fully saturated rings. The summed E-state index contributed by atoms with van der Waals surface area (Å²) in [7, 11) is 0. The van der Waals surface area contributed by atoms with Crippen molar-refractivity contribution >= 4 is 16.9 Å². The number of hydrogen-bond acceptors (Lipinski definition) is 2. The summed E-state index contributed by atoms with van der Waals surface area (Å²) >= 11 is 0. The van der Waals surface area contributed by atoms with Crippen LogP contribution >= 0.6 is 0 Å². The van der Waals surface area contributed by atoms with Gasteiger partial charge in [-0.3, -0.25) is 9.36 Å². The molecular weight excluding hydrogens is 307 g/mol. The minimum atomic E-state index is -4.43. The zero-order valence-electron chi connectivity index (χ0n) is 11.8. The minimum absolute atomic E-state index is 0.169. The highest BCUT2D eigenvalue weighted by atomic mass is 19.4. The van der Waals surface area contributed by atoms with E-state index in [0.717, 1.165) is 16.7 Å². The highest BCUT2D eigenvalue weighted by molar-refractivity contribution is 5.94. The van der Waals surface area contributed by atoms with Crippen molar-refractivity contribution in [2.24, 2.45) is 0 Å². The second-order valence-corrected chi connectivity index (χ2v) is 4.95. The molecule has 4 nitrogen and oxygen atoms in total. The maximum Gasteiger partial charge on any atom is 0.405 e. The Morgan fingerprint density at radius 3 is 2.48 bits per heavy atom. The predicted octanol–water partition coefficient (Wildman–Crippen LogP) is 3.32. The Morgan fingerprint density at radius 1 is 1.09 bits per heavy atom. The van der Waals surface area contributed by atoms with Gasteiger partial charge in [-0.2, -0.15) is 13.2 Å². The van der Waals surface area contributed by atoms with Crippen LogP contribution in [0.5, 0.6) is 0 Å². The molecular formula is C16H12F3N3O. The van der Waals surface area contributed by atoms with Crippen LogP contribution in [0.4, 0.5) is 13.2 Å². The quantitative estimate of drug-likeness (QED) is 0.805. The number of para-hydroxylation sites is 2. The maximum atomic E-state index is 12.1. The molecule has 118 valence electrons. The van der Waals surface area contributed by atoms with Gasteiger partial charge in [0.05, 0.1) is 11.0 Å². The number of imidazole rings is 1. The van der Waals surface area contributed by atoms with Crippen LogP contribution in [0, 0.1) is 0 Å². The number of benzene rings is 2. The van der Waals surface area contributed by atoms with Gasteiger partial charge in [0.2, 0.25) is 0 Å². The van der Waals surface area contributed by atoms with Crippen molar-refractivity contribution in [2.75, 3.05) is 6.54 Å². The molecule has 0 spiro atoms. The fourth-order valence-corrected chi connectivity index (χ4v) is 2.22. The van der Waals surface area contributed by atoms with E-state index in [9.17, 15) is 18.0 Å². The Hall–Kier alpha value is -2.83. The number of carbonyl (C=O) groups is 1. The van der Waals surface area contributed by atoms with E-state index in [-0.39, 0.29) is 5.56 Å². The van der Waals surface area contributed by atoms with Gasteiger partial charge in [0.15, 0.2) is 0 Å². The summed E-state index contributed by atoms with van der Waals surface area (Å²) in [4.78, 5) is 15.9. The molecule has 2 aromatic carbocycles. The van der Waals surface area contributed by atoms with Crippen molar-refractivity contribution in [3.8, 4) is 5.69 Å². The number of fused-ring (bicyclic) bond motifs is 1. The summed E-state index contributed by atoms with van der Waals surface area (Å²) in [5.74, 6) is -0.760. The van der Waals surface area contributed by atoms with Crippen LogP contribution in [-0.2, 0) is 0 Å². The zero-order valence-corrected chi connectivity index (χ0v) is 11.8. The standard InChI is InChI=1S/C16H12F3N3O/c17-16(18,19)9-20-15(23)11-5-7-12(8-6-11)22-10-21-13-3-1-2-4-14(13)22/h1-8,10H,9H2,(H,20,23). The lowest BCUT2D eigenvalue weighted by Crippen LogP contribution is -2.33. The van der Waals surface area contributed by atoms with Gasteiger partial charge in [0, 0.05) is 11.3 Å². The van der Waals surface area contributed by atoms with Crippen LogP contribution < -0.4 is 5.32 Å². The summed E-state index contributed by atoms with van der Waals surface area (Å²) in [5, 5.41) is 1.84. The molecule has 1 heterocycles. The van der Waals surface area contributed by atoms with E-state index >= 15 is 0 Å². The van der Waals surface area contributed by atoms with Gasteiger partial charge in [0.25, 0.3) is 5.91 Å². The highest BCUT2D eigenvalue weighted by Crippen LogP contribution is 2.18. The number of hydrogen-bond donors (Lipinski definition) is 1. The topological polar surface area (TPSA) is 46.9 Å². The fourth-order valence-electron chi connectivity index (χ4n) is 2.22. The molecule has 3 aromatic rings. The average molecular weight is 319 g/mol. The lowest BCUT2D eigenvalue weighted by molar-refractivity contribution is -0.123. The van der Waals surface area contributed by atoms with Gasteiger partial charge in [-0.15, -0.1) is 0 Å². The molecule has 1 N–H and O–H groups in total. The third-order valence-corrected chi connectivity index (χ3v) is 3.31.